The van der Waals surface area contributed by atoms with E-state index >= 15 is 0 Å². The molecule has 1 aromatic heterocycles. The van der Waals surface area contributed by atoms with Crippen LogP contribution in [0.3, 0.4) is 0 Å². The molecule has 118 valence electrons. The molecule has 1 amide bonds. The summed E-state index contributed by atoms with van der Waals surface area (Å²) in [6.45, 7) is 2.10. The van der Waals surface area contributed by atoms with Gasteiger partial charge in [0, 0.05) is 4.47 Å². The van der Waals surface area contributed by atoms with Crippen LogP contribution < -0.4 is 10.1 Å². The van der Waals surface area contributed by atoms with Gasteiger partial charge in [-0.25, -0.2) is 4.98 Å². The van der Waals surface area contributed by atoms with Gasteiger partial charge in [-0.05, 0) is 52.2 Å². The van der Waals surface area contributed by atoms with Crippen LogP contribution in [0.1, 0.15) is 22.8 Å². The van der Waals surface area contributed by atoms with Crippen LogP contribution in [-0.2, 0) is 6.42 Å². The second-order valence-corrected chi connectivity index (χ2v) is 6.82. The van der Waals surface area contributed by atoms with Crippen molar-refractivity contribution in [1.82, 2.24) is 4.98 Å². The number of carbonyl (C=O) groups excluding carboxylic acids is 1. The molecule has 4 nitrogen and oxygen atoms in total. The summed E-state index contributed by atoms with van der Waals surface area (Å²) in [6, 6.07) is 11.4. The van der Waals surface area contributed by atoms with Crippen molar-refractivity contribution in [1.29, 1.82) is 0 Å². The predicted octanol–water partition coefficient (Wildman–Crippen LogP) is 4.88. The number of fused-ring (bicyclic) bond motifs is 1. The van der Waals surface area contributed by atoms with Crippen molar-refractivity contribution in [3.63, 3.8) is 0 Å². The van der Waals surface area contributed by atoms with Crippen LogP contribution >= 0.6 is 27.3 Å². The molecule has 6 heteroatoms. The quantitative estimate of drug-likeness (QED) is 0.690. The molecule has 2 aromatic carbocycles. The van der Waals surface area contributed by atoms with E-state index < -0.39 is 0 Å². The number of benzene rings is 2. The lowest BCUT2D eigenvalue weighted by molar-refractivity contribution is 0.102. The maximum Gasteiger partial charge on any atom is 0.258 e. The van der Waals surface area contributed by atoms with E-state index in [2.05, 4.69) is 39.2 Å². The maximum atomic E-state index is 12.5. The van der Waals surface area contributed by atoms with Crippen molar-refractivity contribution in [3.05, 3.63) is 52.0 Å². The molecule has 23 heavy (non-hydrogen) atoms. The lowest BCUT2D eigenvalue weighted by Gasteiger charge is -2.06. The number of thiazole rings is 1. The first-order valence-corrected chi connectivity index (χ1v) is 8.76. The number of nitrogens with one attached hydrogen (secondary N) is 1. The van der Waals surface area contributed by atoms with Crippen LogP contribution in [0.15, 0.2) is 40.9 Å². The summed E-state index contributed by atoms with van der Waals surface area (Å²) in [5.41, 5.74) is 2.65. The van der Waals surface area contributed by atoms with Gasteiger partial charge < -0.3 is 4.74 Å². The summed E-state index contributed by atoms with van der Waals surface area (Å²) in [4.78, 5) is 17.1. The topological polar surface area (TPSA) is 51.2 Å². The van der Waals surface area contributed by atoms with Gasteiger partial charge in [-0.2, -0.15) is 0 Å². The molecule has 3 aromatic rings. The van der Waals surface area contributed by atoms with Crippen molar-refractivity contribution >= 4 is 48.5 Å². The molecule has 0 atom stereocenters. The standard InChI is InChI=1S/C17H15BrN2O2S/c1-3-10-5-4-6-14-15(10)19-17(23-14)20-16(21)12-9-11(22-2)7-8-13(12)18/h4-9H,3H2,1-2H3,(H,19,20,21). The van der Waals surface area contributed by atoms with E-state index in [1.165, 1.54) is 16.9 Å². The van der Waals surface area contributed by atoms with Gasteiger partial charge in [-0.15, -0.1) is 0 Å². The summed E-state index contributed by atoms with van der Waals surface area (Å²) in [7, 11) is 1.57. The lowest BCUT2D eigenvalue weighted by Crippen LogP contribution is -2.12. The monoisotopic (exact) mass is 390 g/mol. The number of nitrogens with zero attached hydrogens (tertiary/aromatic N) is 1. The van der Waals surface area contributed by atoms with Crippen molar-refractivity contribution < 1.29 is 9.53 Å². The van der Waals surface area contributed by atoms with Crippen LogP contribution in [0.4, 0.5) is 5.13 Å². The predicted molar refractivity (Wildman–Crippen MR) is 97.6 cm³/mol. The fourth-order valence-electron chi connectivity index (χ4n) is 2.31. The minimum Gasteiger partial charge on any atom is -0.497 e. The molecule has 0 bridgehead atoms. The molecule has 0 saturated carbocycles. The van der Waals surface area contributed by atoms with E-state index in [1.54, 1.807) is 25.3 Å². The number of aryl methyl sites for hydroxylation is 1. The average Bonchev–Trinajstić information content (AvgIpc) is 2.97. The first kappa shape index (κ1) is 16.0. The molecular weight excluding hydrogens is 376 g/mol. The van der Waals surface area contributed by atoms with Gasteiger partial charge in [0.25, 0.3) is 5.91 Å². The molecule has 1 heterocycles. The lowest BCUT2D eigenvalue weighted by atomic mass is 10.1. The second-order valence-electron chi connectivity index (χ2n) is 4.94. The highest BCUT2D eigenvalue weighted by Gasteiger charge is 2.14. The Morgan fingerprint density at radius 1 is 1.35 bits per heavy atom. The number of methoxy groups -OCH3 is 1. The summed E-state index contributed by atoms with van der Waals surface area (Å²) in [5.74, 6) is 0.420. The van der Waals surface area contributed by atoms with Crippen LogP contribution in [-0.4, -0.2) is 18.0 Å². The highest BCUT2D eigenvalue weighted by molar-refractivity contribution is 9.10. The van der Waals surface area contributed by atoms with E-state index in [1.807, 2.05) is 12.1 Å². The number of amides is 1. The number of hydrogen-bond donors (Lipinski definition) is 1. The number of para-hydroxylation sites is 1. The third-order valence-corrected chi connectivity index (χ3v) is 5.15. The van der Waals surface area contributed by atoms with E-state index in [9.17, 15) is 4.79 Å². The molecule has 0 saturated heterocycles. The first-order chi connectivity index (χ1) is 11.1. The molecule has 1 N–H and O–H groups in total. The number of halogens is 1. The molecule has 0 aliphatic rings. The van der Waals surface area contributed by atoms with Crippen molar-refractivity contribution in [2.24, 2.45) is 0 Å². The number of hydrogen-bond acceptors (Lipinski definition) is 4. The van der Waals surface area contributed by atoms with Gasteiger partial charge in [-0.3, -0.25) is 10.1 Å². The minimum absolute atomic E-state index is 0.215. The number of anilines is 1. The average molecular weight is 391 g/mol. The number of rotatable bonds is 4. The van der Waals surface area contributed by atoms with Crippen LogP contribution in [0, 0.1) is 0 Å². The Labute approximate surface area is 146 Å². The van der Waals surface area contributed by atoms with E-state index in [0.29, 0.717) is 20.9 Å². The van der Waals surface area contributed by atoms with Gasteiger partial charge in [0.1, 0.15) is 5.75 Å². The van der Waals surface area contributed by atoms with Crippen molar-refractivity contribution in [3.8, 4) is 5.75 Å². The zero-order valence-electron chi connectivity index (χ0n) is 12.7. The molecule has 0 spiro atoms. The fourth-order valence-corrected chi connectivity index (χ4v) is 3.65. The Hall–Kier alpha value is -1.92. The van der Waals surface area contributed by atoms with E-state index in [-0.39, 0.29) is 5.91 Å². The largest absolute Gasteiger partial charge is 0.497 e. The number of ether oxygens (including phenoxy) is 1. The Bertz CT molecular complexity index is 876. The third kappa shape index (κ3) is 3.23. The molecule has 0 unspecified atom stereocenters. The Balaban J connectivity index is 1.91. The van der Waals surface area contributed by atoms with Crippen LogP contribution in [0.5, 0.6) is 5.75 Å². The smallest absolute Gasteiger partial charge is 0.258 e. The Kier molecular flexibility index (Phi) is 4.63. The third-order valence-electron chi connectivity index (χ3n) is 3.52. The van der Waals surface area contributed by atoms with Crippen LogP contribution in [0.25, 0.3) is 10.2 Å². The normalized spacial score (nSPS) is 10.7. The van der Waals surface area contributed by atoms with Gasteiger partial charge >= 0.3 is 0 Å². The van der Waals surface area contributed by atoms with Gasteiger partial charge in [-0.1, -0.05) is 30.4 Å². The van der Waals surface area contributed by atoms with Crippen molar-refractivity contribution in [2.75, 3.05) is 12.4 Å². The molecule has 0 aliphatic carbocycles. The summed E-state index contributed by atoms with van der Waals surface area (Å²) in [6.07, 6.45) is 0.913. The van der Waals surface area contributed by atoms with E-state index in [4.69, 9.17) is 4.74 Å². The summed E-state index contributed by atoms with van der Waals surface area (Å²) >= 11 is 4.87. The van der Waals surface area contributed by atoms with Gasteiger partial charge in [0.2, 0.25) is 0 Å². The molecule has 3 rings (SSSR count). The first-order valence-electron chi connectivity index (χ1n) is 7.15. The highest BCUT2D eigenvalue weighted by Crippen LogP contribution is 2.30. The van der Waals surface area contributed by atoms with Crippen LogP contribution in [0.2, 0.25) is 0 Å². The zero-order chi connectivity index (χ0) is 16.4. The molecular formula is C17H15BrN2O2S. The molecule has 0 fully saturated rings. The van der Waals surface area contributed by atoms with Gasteiger partial charge in [0.05, 0.1) is 22.9 Å². The number of aromatic nitrogens is 1. The Morgan fingerprint density at radius 2 is 2.17 bits per heavy atom. The highest BCUT2D eigenvalue weighted by atomic mass is 79.9. The summed E-state index contributed by atoms with van der Waals surface area (Å²) < 4.78 is 6.96. The Morgan fingerprint density at radius 3 is 2.91 bits per heavy atom. The SMILES string of the molecule is CCc1cccc2sc(NC(=O)c3cc(OC)ccc3Br)nc12. The fraction of sp³-hybridized carbons (Fsp3) is 0.176. The maximum absolute atomic E-state index is 12.5. The second kappa shape index (κ2) is 6.68. The van der Waals surface area contributed by atoms with Gasteiger partial charge in [0.15, 0.2) is 5.13 Å². The molecule has 0 aliphatic heterocycles. The number of carbonyl (C=O) groups is 1. The van der Waals surface area contributed by atoms with E-state index in [0.717, 1.165) is 16.6 Å². The zero-order valence-corrected chi connectivity index (χ0v) is 15.1. The van der Waals surface area contributed by atoms with Crippen molar-refractivity contribution in [2.45, 2.75) is 13.3 Å². The minimum atomic E-state index is -0.215. The summed E-state index contributed by atoms with van der Waals surface area (Å²) in [5, 5.41) is 3.47. The molecule has 0 radical (unpaired) electrons.